The van der Waals surface area contributed by atoms with Crippen LogP contribution >= 0.6 is 0 Å². The maximum absolute atomic E-state index is 12.8. The first-order valence-electron chi connectivity index (χ1n) is 10.8. The highest BCUT2D eigenvalue weighted by molar-refractivity contribution is 5.92. The van der Waals surface area contributed by atoms with E-state index in [1.807, 2.05) is 0 Å². The predicted molar refractivity (Wildman–Crippen MR) is 131 cm³/mol. The lowest BCUT2D eigenvalue weighted by atomic mass is 10.1. The van der Waals surface area contributed by atoms with E-state index in [0.717, 1.165) is 0 Å². The van der Waals surface area contributed by atoms with E-state index in [0.29, 0.717) is 32.2 Å². The van der Waals surface area contributed by atoms with Crippen molar-refractivity contribution in [2.24, 2.45) is 60.8 Å². The summed E-state index contributed by atoms with van der Waals surface area (Å²) in [6.45, 7) is 0.811. The Bertz CT molecular complexity index is 741. The second kappa shape index (κ2) is 16.8. The first-order valence-corrected chi connectivity index (χ1v) is 10.8. The lowest BCUT2D eigenvalue weighted by Gasteiger charge is -2.23. The quantitative estimate of drug-likeness (QED) is 0.0530. The van der Waals surface area contributed by atoms with Crippen LogP contribution in [-0.2, 0) is 14.4 Å². The topological polar surface area (TPSA) is 321 Å². The second-order valence-corrected chi connectivity index (χ2v) is 7.48. The number of amides is 3. The molecule has 16 heteroatoms. The van der Waals surface area contributed by atoms with Gasteiger partial charge in [-0.2, -0.15) is 0 Å². The Hall–Kier alpha value is -3.82. The van der Waals surface area contributed by atoms with E-state index in [1.54, 1.807) is 0 Å². The Balaban J connectivity index is 5.10. The van der Waals surface area contributed by atoms with Crippen LogP contribution in [0.2, 0.25) is 0 Å². The molecule has 18 N–H and O–H groups in total. The van der Waals surface area contributed by atoms with Crippen LogP contribution in [-0.4, -0.2) is 73.4 Å². The standard InChI is InChI=1S/C18H39N13O3/c19-10(4-1-7-27-16(21)22)14(33)31-12(6-3-9-29-18(25)26)15(34)30-11(13(20)32)5-2-8-28-17(23)24/h10-12H,1-9,19H2,(H2,20,32)(H,30,34)(H,31,33)(H4,21,22,27)(H4,23,24,28)(H4,25,26,29)/t10-,11-,12-/m0/s1. The number of guanidine groups is 3. The summed E-state index contributed by atoms with van der Waals surface area (Å²) in [6.07, 6.45) is 1.92. The molecule has 0 aromatic carbocycles. The monoisotopic (exact) mass is 485 g/mol. The zero-order valence-electron chi connectivity index (χ0n) is 19.3. The van der Waals surface area contributed by atoms with Gasteiger partial charge in [-0.25, -0.2) is 0 Å². The molecule has 0 heterocycles. The van der Waals surface area contributed by atoms with Gasteiger partial charge in [-0.05, 0) is 38.5 Å². The van der Waals surface area contributed by atoms with Crippen molar-refractivity contribution >= 4 is 35.6 Å². The molecule has 3 amide bonds. The minimum absolute atomic E-state index is 0.0576. The Morgan fingerprint density at radius 1 is 0.588 bits per heavy atom. The van der Waals surface area contributed by atoms with E-state index in [1.165, 1.54) is 0 Å². The summed E-state index contributed by atoms with van der Waals surface area (Å²) in [5.74, 6) is -2.12. The zero-order valence-corrected chi connectivity index (χ0v) is 19.3. The highest BCUT2D eigenvalue weighted by Gasteiger charge is 2.26. The zero-order chi connectivity index (χ0) is 26.1. The fraction of sp³-hybridized carbons (Fsp3) is 0.667. The summed E-state index contributed by atoms with van der Waals surface area (Å²) in [5, 5.41) is 5.15. The predicted octanol–water partition coefficient (Wildman–Crippen LogP) is -5.07. The van der Waals surface area contributed by atoms with Gasteiger partial charge in [0.15, 0.2) is 17.9 Å². The number of nitrogens with zero attached hydrogens (tertiary/aromatic N) is 3. The van der Waals surface area contributed by atoms with Crippen LogP contribution in [0.4, 0.5) is 0 Å². The lowest BCUT2D eigenvalue weighted by Crippen LogP contribution is -2.55. The van der Waals surface area contributed by atoms with Gasteiger partial charge in [0.25, 0.3) is 0 Å². The van der Waals surface area contributed by atoms with Gasteiger partial charge >= 0.3 is 0 Å². The van der Waals surface area contributed by atoms with Crippen molar-refractivity contribution in [2.75, 3.05) is 19.6 Å². The summed E-state index contributed by atoms with van der Waals surface area (Å²) < 4.78 is 0. The molecule has 34 heavy (non-hydrogen) atoms. The molecule has 0 radical (unpaired) electrons. The SMILES string of the molecule is NC(=O)[C@H](CCCN=C(N)N)NC(=O)[C@H](CCCN=C(N)N)NC(=O)[C@@H](N)CCCN=C(N)N. The largest absolute Gasteiger partial charge is 0.370 e. The number of nitrogens with one attached hydrogen (secondary N) is 2. The number of primary amides is 1. The average molecular weight is 486 g/mol. The second-order valence-electron chi connectivity index (χ2n) is 7.48. The first-order chi connectivity index (χ1) is 15.9. The van der Waals surface area contributed by atoms with Gasteiger partial charge in [-0.15, -0.1) is 0 Å². The van der Waals surface area contributed by atoms with Crippen molar-refractivity contribution in [3.8, 4) is 0 Å². The van der Waals surface area contributed by atoms with Crippen molar-refractivity contribution in [2.45, 2.75) is 56.7 Å². The molecule has 0 aliphatic heterocycles. The molecule has 0 unspecified atom stereocenters. The maximum Gasteiger partial charge on any atom is 0.243 e. The van der Waals surface area contributed by atoms with E-state index < -0.39 is 35.8 Å². The van der Waals surface area contributed by atoms with Gasteiger partial charge in [0.2, 0.25) is 17.7 Å². The molecule has 3 atom stereocenters. The fourth-order valence-corrected chi connectivity index (χ4v) is 2.76. The van der Waals surface area contributed by atoms with Gasteiger partial charge in [0.1, 0.15) is 12.1 Å². The van der Waals surface area contributed by atoms with E-state index in [4.69, 9.17) is 45.9 Å². The average Bonchev–Trinajstić information content (AvgIpc) is 2.74. The molecule has 0 rings (SSSR count). The number of hydrogen-bond donors (Lipinski definition) is 10. The number of nitrogens with two attached hydrogens (primary N) is 8. The van der Waals surface area contributed by atoms with Crippen molar-refractivity contribution in [1.29, 1.82) is 0 Å². The molecule has 0 saturated heterocycles. The van der Waals surface area contributed by atoms with Gasteiger partial charge in [0, 0.05) is 19.6 Å². The maximum atomic E-state index is 12.8. The Labute approximate surface area is 198 Å². The Morgan fingerprint density at radius 3 is 1.38 bits per heavy atom. The van der Waals surface area contributed by atoms with Crippen molar-refractivity contribution in [3.63, 3.8) is 0 Å². The number of aliphatic imine (C=N–C) groups is 3. The van der Waals surface area contributed by atoms with Crippen LogP contribution in [0.25, 0.3) is 0 Å². The molecular formula is C18H39N13O3. The summed E-state index contributed by atoms with van der Waals surface area (Å²) in [5.41, 5.74) is 43.0. The van der Waals surface area contributed by atoms with Crippen molar-refractivity contribution < 1.29 is 14.4 Å². The van der Waals surface area contributed by atoms with E-state index in [2.05, 4.69) is 25.6 Å². The first kappa shape index (κ1) is 30.2. The third-order valence-corrected chi connectivity index (χ3v) is 4.49. The third kappa shape index (κ3) is 15.1. The van der Waals surface area contributed by atoms with Gasteiger partial charge < -0.3 is 56.5 Å². The number of carbonyl (C=O) groups is 3. The number of hydrogen-bond acceptors (Lipinski definition) is 7. The molecule has 0 aliphatic rings. The lowest BCUT2D eigenvalue weighted by molar-refractivity contribution is -0.132. The van der Waals surface area contributed by atoms with E-state index in [9.17, 15) is 14.4 Å². The molecule has 0 fully saturated rings. The summed E-state index contributed by atoms with van der Waals surface area (Å²) >= 11 is 0. The van der Waals surface area contributed by atoms with Crippen LogP contribution in [0.3, 0.4) is 0 Å². The summed E-state index contributed by atoms with van der Waals surface area (Å²) in [7, 11) is 0. The Kier molecular flexibility index (Phi) is 14.9. The molecule has 0 aromatic rings. The van der Waals surface area contributed by atoms with Crippen LogP contribution in [0, 0.1) is 0 Å². The molecule has 16 nitrogen and oxygen atoms in total. The van der Waals surface area contributed by atoms with Crippen LogP contribution in [0.1, 0.15) is 38.5 Å². The molecule has 194 valence electrons. The normalized spacial score (nSPS) is 13.0. The number of rotatable bonds is 17. The molecule has 0 aromatic heterocycles. The highest BCUT2D eigenvalue weighted by atomic mass is 16.2. The molecule has 0 aliphatic carbocycles. The summed E-state index contributed by atoms with van der Waals surface area (Å²) in [6, 6.07) is -2.87. The fourth-order valence-electron chi connectivity index (χ4n) is 2.76. The Morgan fingerprint density at radius 2 is 0.971 bits per heavy atom. The molecular weight excluding hydrogens is 446 g/mol. The minimum atomic E-state index is -0.995. The highest BCUT2D eigenvalue weighted by Crippen LogP contribution is 2.04. The summed E-state index contributed by atoms with van der Waals surface area (Å²) in [4.78, 5) is 48.6. The molecule has 0 saturated carbocycles. The van der Waals surface area contributed by atoms with Gasteiger partial charge in [-0.3, -0.25) is 29.4 Å². The van der Waals surface area contributed by atoms with Gasteiger partial charge in [0.05, 0.1) is 6.04 Å². The smallest absolute Gasteiger partial charge is 0.243 e. The minimum Gasteiger partial charge on any atom is -0.370 e. The van der Waals surface area contributed by atoms with Crippen molar-refractivity contribution in [3.05, 3.63) is 0 Å². The van der Waals surface area contributed by atoms with Crippen LogP contribution in [0.5, 0.6) is 0 Å². The van der Waals surface area contributed by atoms with E-state index in [-0.39, 0.29) is 43.8 Å². The number of carbonyl (C=O) groups excluding carboxylic acids is 3. The third-order valence-electron chi connectivity index (χ3n) is 4.49. The van der Waals surface area contributed by atoms with Crippen LogP contribution in [0.15, 0.2) is 15.0 Å². The van der Waals surface area contributed by atoms with Crippen LogP contribution < -0.4 is 56.5 Å². The van der Waals surface area contributed by atoms with E-state index >= 15 is 0 Å². The molecule has 0 spiro atoms. The molecule has 0 bridgehead atoms. The van der Waals surface area contributed by atoms with Crippen molar-refractivity contribution in [1.82, 2.24) is 10.6 Å². The van der Waals surface area contributed by atoms with Gasteiger partial charge in [-0.1, -0.05) is 0 Å².